The molecule has 0 aliphatic heterocycles. The largest absolute Gasteiger partial charge is 0.496 e. The van der Waals surface area contributed by atoms with Crippen molar-refractivity contribution in [2.24, 2.45) is 5.92 Å². The van der Waals surface area contributed by atoms with Crippen molar-refractivity contribution in [2.45, 2.75) is 25.7 Å². The number of carbonyl (C=O) groups excluding carboxylic acids is 3. The van der Waals surface area contributed by atoms with Gasteiger partial charge in [0.25, 0.3) is 0 Å². The monoisotopic (exact) mass is 276 g/mol. The molecule has 0 aromatic heterocycles. The molecule has 0 amide bonds. The minimum atomic E-state index is -0.775. The maximum Gasteiger partial charge on any atom is 0.345 e. The van der Waals surface area contributed by atoms with Crippen LogP contribution in [-0.2, 0) is 9.53 Å². The van der Waals surface area contributed by atoms with Gasteiger partial charge in [-0.1, -0.05) is 12.8 Å². The van der Waals surface area contributed by atoms with Crippen molar-refractivity contribution in [1.82, 2.24) is 0 Å². The molecule has 1 fully saturated rings. The topological polar surface area (TPSA) is 69.7 Å². The molecule has 0 bridgehead atoms. The van der Waals surface area contributed by atoms with Gasteiger partial charge in [-0.15, -0.1) is 0 Å². The van der Waals surface area contributed by atoms with Crippen LogP contribution in [-0.4, -0.2) is 25.3 Å². The average Bonchev–Trinajstić information content (AvgIpc) is 3.00. The zero-order chi connectivity index (χ0) is 14.5. The zero-order valence-corrected chi connectivity index (χ0v) is 11.3. The third kappa shape index (κ3) is 2.87. The number of benzene rings is 1. The van der Waals surface area contributed by atoms with Crippen molar-refractivity contribution in [1.29, 1.82) is 0 Å². The molecule has 1 aromatic carbocycles. The molecule has 2 rings (SSSR count). The molecule has 20 heavy (non-hydrogen) atoms. The number of hydrogen-bond acceptors (Lipinski definition) is 5. The fourth-order valence-electron chi connectivity index (χ4n) is 2.55. The summed E-state index contributed by atoms with van der Waals surface area (Å²) in [4.78, 5) is 34.2. The van der Waals surface area contributed by atoms with Crippen LogP contribution in [0, 0.1) is 5.92 Å². The smallest absolute Gasteiger partial charge is 0.345 e. The summed E-state index contributed by atoms with van der Waals surface area (Å²) in [6.07, 6.45) is 3.83. The molecule has 1 aliphatic carbocycles. The van der Waals surface area contributed by atoms with E-state index in [-0.39, 0.29) is 23.7 Å². The van der Waals surface area contributed by atoms with Crippen LogP contribution in [0.2, 0.25) is 0 Å². The van der Waals surface area contributed by atoms with E-state index in [2.05, 4.69) is 4.74 Å². The van der Waals surface area contributed by atoms with E-state index in [4.69, 9.17) is 4.74 Å². The van der Waals surface area contributed by atoms with E-state index >= 15 is 0 Å². The molecule has 0 heterocycles. The third-order valence-corrected chi connectivity index (χ3v) is 3.58. The highest BCUT2D eigenvalue weighted by atomic mass is 16.6. The first-order valence-electron chi connectivity index (χ1n) is 6.54. The minimum Gasteiger partial charge on any atom is -0.496 e. The Morgan fingerprint density at radius 1 is 1.25 bits per heavy atom. The van der Waals surface area contributed by atoms with E-state index in [0.29, 0.717) is 11.3 Å². The lowest BCUT2D eigenvalue weighted by Gasteiger charge is -2.12. The molecule has 0 saturated heterocycles. The molecular weight excluding hydrogens is 260 g/mol. The second-order valence-corrected chi connectivity index (χ2v) is 4.76. The Hall–Kier alpha value is -2.17. The number of ketones is 1. The minimum absolute atomic E-state index is 0.0127. The Morgan fingerprint density at radius 2 is 1.95 bits per heavy atom. The van der Waals surface area contributed by atoms with Gasteiger partial charge in [-0.2, -0.15) is 0 Å². The van der Waals surface area contributed by atoms with Crippen LogP contribution in [0.25, 0.3) is 0 Å². The fraction of sp³-hybridized carbons (Fsp3) is 0.400. The highest BCUT2D eigenvalue weighted by Gasteiger charge is 2.26. The second-order valence-electron chi connectivity index (χ2n) is 4.76. The van der Waals surface area contributed by atoms with E-state index in [1.54, 1.807) is 6.07 Å². The summed E-state index contributed by atoms with van der Waals surface area (Å²) in [7, 11) is 1.48. The summed E-state index contributed by atoms with van der Waals surface area (Å²) in [6, 6.07) is 4.45. The lowest BCUT2D eigenvalue weighted by Crippen LogP contribution is -2.14. The average molecular weight is 276 g/mol. The molecule has 1 aliphatic rings. The predicted molar refractivity (Wildman–Crippen MR) is 70.8 cm³/mol. The van der Waals surface area contributed by atoms with E-state index < -0.39 is 5.97 Å². The Balaban J connectivity index is 2.33. The Labute approximate surface area is 116 Å². The van der Waals surface area contributed by atoms with Gasteiger partial charge in [0, 0.05) is 5.92 Å². The van der Waals surface area contributed by atoms with Gasteiger partial charge in [-0.05, 0) is 31.0 Å². The number of ether oxygens (including phenoxy) is 2. The van der Waals surface area contributed by atoms with Crippen molar-refractivity contribution in [2.75, 3.05) is 7.11 Å². The van der Waals surface area contributed by atoms with Crippen molar-refractivity contribution in [3.8, 4) is 5.75 Å². The number of rotatable bonds is 5. The van der Waals surface area contributed by atoms with E-state index in [1.165, 1.54) is 19.2 Å². The number of esters is 1. The van der Waals surface area contributed by atoms with Crippen LogP contribution in [0.5, 0.6) is 5.75 Å². The lowest BCUT2D eigenvalue weighted by molar-refractivity contribution is -0.123. The van der Waals surface area contributed by atoms with Gasteiger partial charge in [-0.3, -0.25) is 9.59 Å². The first-order chi connectivity index (χ1) is 9.67. The standard InChI is InChI=1S/C15H16O5/c1-19-13-7-6-11(15(18)20-9-16)8-12(13)14(17)10-4-2-3-5-10/h6-10H,2-5H2,1H3. The fourth-order valence-corrected chi connectivity index (χ4v) is 2.55. The summed E-state index contributed by atoms with van der Waals surface area (Å²) < 4.78 is 9.47. The molecule has 5 heteroatoms. The van der Waals surface area contributed by atoms with Crippen molar-refractivity contribution < 1.29 is 23.9 Å². The van der Waals surface area contributed by atoms with Crippen LogP contribution in [0.15, 0.2) is 18.2 Å². The van der Waals surface area contributed by atoms with Crippen LogP contribution < -0.4 is 4.74 Å². The maximum absolute atomic E-state index is 12.5. The van der Waals surface area contributed by atoms with E-state index in [1.807, 2.05) is 0 Å². The SMILES string of the molecule is COc1ccc(C(=O)OC=O)cc1C(=O)C1CCCC1. The first-order valence-corrected chi connectivity index (χ1v) is 6.54. The van der Waals surface area contributed by atoms with Gasteiger partial charge >= 0.3 is 12.4 Å². The Bertz CT molecular complexity index is 529. The summed E-state index contributed by atoms with van der Waals surface area (Å²) >= 11 is 0. The molecule has 0 radical (unpaired) electrons. The maximum atomic E-state index is 12.5. The summed E-state index contributed by atoms with van der Waals surface area (Å²) in [5, 5.41) is 0. The zero-order valence-electron chi connectivity index (χ0n) is 11.3. The normalized spacial score (nSPS) is 14.8. The highest BCUT2D eigenvalue weighted by molar-refractivity contribution is 6.03. The van der Waals surface area contributed by atoms with Gasteiger partial charge in [0.05, 0.1) is 18.2 Å². The molecule has 5 nitrogen and oxygen atoms in total. The van der Waals surface area contributed by atoms with Crippen molar-refractivity contribution in [3.05, 3.63) is 29.3 Å². The second kappa shape index (κ2) is 6.32. The summed E-state index contributed by atoms with van der Waals surface area (Å²) in [5.41, 5.74) is 0.541. The number of Topliss-reactive ketones (excluding diaryl/α,β-unsaturated/α-hetero) is 1. The molecule has 1 aromatic rings. The van der Waals surface area contributed by atoms with Crippen LogP contribution in [0.1, 0.15) is 46.4 Å². The summed E-state index contributed by atoms with van der Waals surface area (Å²) in [5.74, 6) is -0.367. The molecule has 0 unspecified atom stereocenters. The molecule has 0 atom stereocenters. The van der Waals surface area contributed by atoms with Gasteiger partial charge in [0.15, 0.2) is 5.78 Å². The Kier molecular flexibility index (Phi) is 4.50. The molecule has 0 spiro atoms. The number of methoxy groups -OCH3 is 1. The van der Waals surface area contributed by atoms with Crippen LogP contribution in [0.3, 0.4) is 0 Å². The predicted octanol–water partition coefficient (Wildman–Crippen LogP) is 2.38. The number of carbonyl (C=O) groups is 3. The van der Waals surface area contributed by atoms with Gasteiger partial charge in [-0.25, -0.2) is 4.79 Å². The highest BCUT2D eigenvalue weighted by Crippen LogP contribution is 2.31. The number of hydrogen-bond donors (Lipinski definition) is 0. The van der Waals surface area contributed by atoms with E-state index in [9.17, 15) is 14.4 Å². The third-order valence-electron chi connectivity index (χ3n) is 3.58. The van der Waals surface area contributed by atoms with Crippen molar-refractivity contribution >= 4 is 18.2 Å². The molecule has 1 saturated carbocycles. The molecular formula is C15H16O5. The molecule has 0 N–H and O–H groups in total. The van der Waals surface area contributed by atoms with Gasteiger partial charge in [0.1, 0.15) is 5.75 Å². The van der Waals surface area contributed by atoms with E-state index in [0.717, 1.165) is 25.7 Å². The van der Waals surface area contributed by atoms with Gasteiger partial charge in [0.2, 0.25) is 0 Å². The molecule has 106 valence electrons. The first kappa shape index (κ1) is 14.2. The Morgan fingerprint density at radius 3 is 2.55 bits per heavy atom. The summed E-state index contributed by atoms with van der Waals surface area (Å²) in [6.45, 7) is 0.0744. The van der Waals surface area contributed by atoms with Crippen LogP contribution >= 0.6 is 0 Å². The quantitative estimate of drug-likeness (QED) is 0.357. The van der Waals surface area contributed by atoms with Gasteiger partial charge < -0.3 is 9.47 Å². The van der Waals surface area contributed by atoms with Crippen molar-refractivity contribution in [3.63, 3.8) is 0 Å². The lowest BCUT2D eigenvalue weighted by atomic mass is 9.94. The van der Waals surface area contributed by atoms with Crippen LogP contribution in [0.4, 0.5) is 0 Å².